The number of carbonyl (C=O) groups is 1. The topological polar surface area (TPSA) is 75.7 Å². The van der Waals surface area contributed by atoms with Crippen molar-refractivity contribution in [3.8, 4) is 5.75 Å². The number of benzene rings is 2. The first-order chi connectivity index (χ1) is 14.7. The van der Waals surface area contributed by atoms with Crippen molar-refractivity contribution in [1.82, 2.24) is 9.62 Å². The minimum atomic E-state index is -3.79. The molecule has 0 saturated heterocycles. The smallest absolute Gasteiger partial charge is 0.253 e. The molecule has 0 aliphatic heterocycles. The lowest BCUT2D eigenvalue weighted by atomic mass is 10.0. The van der Waals surface area contributed by atoms with E-state index in [9.17, 15) is 13.2 Å². The third kappa shape index (κ3) is 5.66. The van der Waals surface area contributed by atoms with Gasteiger partial charge in [0.2, 0.25) is 10.0 Å². The molecule has 0 heterocycles. The molecule has 6 nitrogen and oxygen atoms in total. The molecule has 1 fully saturated rings. The van der Waals surface area contributed by atoms with Crippen molar-refractivity contribution in [3.05, 3.63) is 59.2 Å². The third-order valence-electron chi connectivity index (χ3n) is 5.79. The number of sulfonamides is 1. The molecular formula is C24H32N2O4S. The van der Waals surface area contributed by atoms with Gasteiger partial charge in [0.05, 0.1) is 7.11 Å². The summed E-state index contributed by atoms with van der Waals surface area (Å²) in [6.45, 7) is 4.72. The first-order valence-electron chi connectivity index (χ1n) is 10.8. The van der Waals surface area contributed by atoms with Crippen LogP contribution < -0.4 is 9.46 Å². The van der Waals surface area contributed by atoms with E-state index < -0.39 is 10.0 Å². The van der Waals surface area contributed by atoms with Crippen LogP contribution in [-0.2, 0) is 16.6 Å². The number of nitrogens with zero attached hydrogens (tertiary/aromatic N) is 1. The Balaban J connectivity index is 1.79. The van der Waals surface area contributed by atoms with Crippen LogP contribution in [0.5, 0.6) is 5.75 Å². The van der Waals surface area contributed by atoms with Crippen LogP contribution in [0, 0.1) is 0 Å². The van der Waals surface area contributed by atoms with E-state index in [-0.39, 0.29) is 22.6 Å². The zero-order chi connectivity index (χ0) is 22.6. The van der Waals surface area contributed by atoms with E-state index in [4.69, 9.17) is 4.74 Å². The summed E-state index contributed by atoms with van der Waals surface area (Å²) < 4.78 is 34.0. The monoisotopic (exact) mass is 444 g/mol. The lowest BCUT2D eigenvalue weighted by molar-refractivity contribution is 0.0785. The summed E-state index contributed by atoms with van der Waals surface area (Å²) in [5.41, 5.74) is 2.58. The zero-order valence-electron chi connectivity index (χ0n) is 18.7. The maximum absolute atomic E-state index is 13.0. The predicted molar refractivity (Wildman–Crippen MR) is 122 cm³/mol. The van der Waals surface area contributed by atoms with Crippen molar-refractivity contribution in [2.45, 2.75) is 62.9 Å². The van der Waals surface area contributed by atoms with Crippen molar-refractivity contribution in [2.24, 2.45) is 0 Å². The van der Waals surface area contributed by atoms with E-state index in [2.05, 4.69) is 30.7 Å². The van der Waals surface area contributed by atoms with Crippen molar-refractivity contribution in [3.63, 3.8) is 0 Å². The molecule has 1 N–H and O–H groups in total. The number of amides is 1. The SMILES string of the molecule is COc1ccc(C(=O)N(C)Cc2ccc(C(C)C)cc2)cc1S(=O)(=O)NC1CCCC1. The Morgan fingerprint density at radius 3 is 2.35 bits per heavy atom. The fraction of sp³-hybridized carbons (Fsp3) is 0.458. The van der Waals surface area contributed by atoms with Crippen molar-refractivity contribution < 1.29 is 17.9 Å². The first-order valence-corrected chi connectivity index (χ1v) is 12.2. The Kier molecular flexibility index (Phi) is 7.38. The maximum Gasteiger partial charge on any atom is 0.253 e. The van der Waals surface area contributed by atoms with E-state index in [1.807, 2.05) is 12.1 Å². The number of ether oxygens (including phenoxy) is 1. The van der Waals surface area contributed by atoms with E-state index >= 15 is 0 Å². The van der Waals surface area contributed by atoms with Gasteiger partial charge in [0.15, 0.2) is 0 Å². The van der Waals surface area contributed by atoms with E-state index in [0.717, 1.165) is 31.2 Å². The van der Waals surface area contributed by atoms with Gasteiger partial charge in [-0.15, -0.1) is 0 Å². The molecule has 2 aromatic rings. The van der Waals surface area contributed by atoms with Gasteiger partial charge in [-0.25, -0.2) is 13.1 Å². The lowest BCUT2D eigenvalue weighted by Gasteiger charge is -2.19. The number of hydrogen-bond acceptors (Lipinski definition) is 4. The van der Waals surface area contributed by atoms with Gasteiger partial charge >= 0.3 is 0 Å². The molecule has 1 aliphatic rings. The highest BCUT2D eigenvalue weighted by molar-refractivity contribution is 7.89. The van der Waals surface area contributed by atoms with E-state index in [0.29, 0.717) is 18.0 Å². The summed E-state index contributed by atoms with van der Waals surface area (Å²) in [5.74, 6) is 0.438. The molecule has 31 heavy (non-hydrogen) atoms. The quantitative estimate of drug-likeness (QED) is 0.658. The normalized spacial score (nSPS) is 14.7. The lowest BCUT2D eigenvalue weighted by Crippen LogP contribution is -2.33. The van der Waals surface area contributed by atoms with Crippen LogP contribution in [0.3, 0.4) is 0 Å². The third-order valence-corrected chi connectivity index (χ3v) is 7.33. The minimum absolute atomic E-state index is 0.00226. The van der Waals surface area contributed by atoms with Crippen LogP contribution in [0.4, 0.5) is 0 Å². The molecule has 0 radical (unpaired) electrons. The molecular weight excluding hydrogens is 412 g/mol. The largest absolute Gasteiger partial charge is 0.495 e. The summed E-state index contributed by atoms with van der Waals surface area (Å²) in [6, 6.07) is 12.7. The maximum atomic E-state index is 13.0. The van der Waals surface area contributed by atoms with Crippen molar-refractivity contribution in [2.75, 3.05) is 14.2 Å². The summed E-state index contributed by atoms with van der Waals surface area (Å²) in [7, 11) is -0.641. The Morgan fingerprint density at radius 1 is 1.13 bits per heavy atom. The van der Waals surface area contributed by atoms with Crippen molar-refractivity contribution in [1.29, 1.82) is 0 Å². The highest BCUT2D eigenvalue weighted by atomic mass is 32.2. The molecule has 2 aromatic carbocycles. The summed E-state index contributed by atoms with van der Waals surface area (Å²) in [6.07, 6.45) is 3.70. The molecule has 1 aliphatic carbocycles. The molecule has 1 amide bonds. The fourth-order valence-corrected chi connectivity index (χ4v) is 5.42. The molecule has 0 bridgehead atoms. The highest BCUT2D eigenvalue weighted by Gasteiger charge is 2.27. The van der Waals surface area contributed by atoms with E-state index in [1.54, 1.807) is 24.1 Å². The van der Waals surface area contributed by atoms with Gasteiger partial charge in [-0.3, -0.25) is 4.79 Å². The van der Waals surface area contributed by atoms with Gasteiger partial charge in [-0.2, -0.15) is 0 Å². The molecule has 7 heteroatoms. The van der Waals surface area contributed by atoms with Crippen LogP contribution in [0.25, 0.3) is 0 Å². The standard InChI is InChI=1S/C24H32N2O4S/c1-17(2)19-11-9-18(10-12-19)16-26(3)24(27)20-13-14-22(30-4)23(15-20)31(28,29)25-21-7-5-6-8-21/h9-15,17,21,25H,5-8,16H2,1-4H3. The average Bonchev–Trinajstić information content (AvgIpc) is 3.25. The van der Waals surface area contributed by atoms with Gasteiger partial charge < -0.3 is 9.64 Å². The van der Waals surface area contributed by atoms with Gasteiger partial charge in [-0.1, -0.05) is 51.0 Å². The highest BCUT2D eigenvalue weighted by Crippen LogP contribution is 2.28. The summed E-state index contributed by atoms with van der Waals surface area (Å²) >= 11 is 0. The van der Waals surface area contributed by atoms with Gasteiger partial charge in [0.1, 0.15) is 10.6 Å². The summed E-state index contributed by atoms with van der Waals surface area (Å²) in [4.78, 5) is 14.6. The van der Waals surface area contributed by atoms with Crippen LogP contribution in [-0.4, -0.2) is 39.4 Å². The minimum Gasteiger partial charge on any atom is -0.495 e. The Bertz CT molecular complexity index is 1010. The second-order valence-electron chi connectivity index (χ2n) is 8.53. The van der Waals surface area contributed by atoms with Crippen molar-refractivity contribution >= 4 is 15.9 Å². The Morgan fingerprint density at radius 2 is 1.77 bits per heavy atom. The molecule has 0 unspecified atom stereocenters. The summed E-state index contributed by atoms with van der Waals surface area (Å²) in [5, 5.41) is 0. The van der Waals surface area contributed by atoms with Gasteiger partial charge in [-0.05, 0) is 48.1 Å². The number of rotatable bonds is 8. The fourth-order valence-electron chi connectivity index (χ4n) is 3.92. The zero-order valence-corrected chi connectivity index (χ0v) is 19.5. The molecule has 168 valence electrons. The van der Waals surface area contributed by atoms with Crippen LogP contribution >= 0.6 is 0 Å². The molecule has 1 saturated carbocycles. The number of nitrogens with one attached hydrogen (secondary N) is 1. The molecule has 3 rings (SSSR count). The van der Waals surface area contributed by atoms with E-state index in [1.165, 1.54) is 18.7 Å². The average molecular weight is 445 g/mol. The first kappa shape index (κ1) is 23.3. The molecule has 0 aromatic heterocycles. The van der Waals surface area contributed by atoms with Gasteiger partial charge in [0, 0.05) is 25.2 Å². The second kappa shape index (κ2) is 9.83. The van der Waals surface area contributed by atoms with Crippen LogP contribution in [0.2, 0.25) is 0 Å². The Hall–Kier alpha value is -2.38. The van der Waals surface area contributed by atoms with Crippen LogP contribution in [0.1, 0.15) is 66.9 Å². The Labute approximate surface area is 185 Å². The molecule has 0 spiro atoms. The predicted octanol–water partition coefficient (Wildman–Crippen LogP) is 4.31. The van der Waals surface area contributed by atoms with Gasteiger partial charge in [0.25, 0.3) is 5.91 Å². The molecule has 0 atom stereocenters. The van der Waals surface area contributed by atoms with Crippen LogP contribution in [0.15, 0.2) is 47.4 Å². The number of carbonyl (C=O) groups excluding carboxylic acids is 1. The number of methoxy groups -OCH3 is 1. The number of hydrogen-bond donors (Lipinski definition) is 1. The second-order valence-corrected chi connectivity index (χ2v) is 10.2.